The highest BCUT2D eigenvalue weighted by atomic mass is 35.5. The largest absolute Gasteiger partial charge is 0.384 e. The van der Waals surface area contributed by atoms with Gasteiger partial charge in [-0.3, -0.25) is 0 Å². The molecular formula is C9H9ClFNO2S. The van der Waals surface area contributed by atoms with Crippen molar-refractivity contribution in [2.45, 2.75) is 11.3 Å². The third-order valence-electron chi connectivity index (χ3n) is 2.26. The second-order valence-electron chi connectivity index (χ2n) is 3.36. The molecule has 0 spiro atoms. The van der Waals surface area contributed by atoms with Crippen molar-refractivity contribution in [3.05, 3.63) is 23.0 Å². The van der Waals surface area contributed by atoms with E-state index >= 15 is 0 Å². The van der Waals surface area contributed by atoms with Crippen molar-refractivity contribution in [3.8, 4) is 0 Å². The molecule has 0 aliphatic carbocycles. The zero-order valence-electron chi connectivity index (χ0n) is 7.76. The van der Waals surface area contributed by atoms with Gasteiger partial charge < -0.3 is 5.32 Å². The van der Waals surface area contributed by atoms with E-state index in [1.807, 2.05) is 0 Å². The number of benzene rings is 1. The van der Waals surface area contributed by atoms with Crippen molar-refractivity contribution in [1.29, 1.82) is 0 Å². The Bertz CT molecular complexity index is 501. The molecule has 82 valence electrons. The Morgan fingerprint density at radius 2 is 2.13 bits per heavy atom. The predicted molar refractivity (Wildman–Crippen MR) is 56.6 cm³/mol. The summed E-state index contributed by atoms with van der Waals surface area (Å²) in [6.07, 6.45) is 0.510. The number of sulfone groups is 1. The van der Waals surface area contributed by atoms with Gasteiger partial charge in [0, 0.05) is 6.54 Å². The first-order valence-electron chi connectivity index (χ1n) is 4.46. The van der Waals surface area contributed by atoms with E-state index in [0.717, 1.165) is 6.07 Å². The standard InChI is InChI=1S/C9H9ClFNO2S/c10-6-4-8-9(5-7(6)11)15(13,14)3-1-2-12-8/h4-5,12H,1-3H2. The van der Waals surface area contributed by atoms with Gasteiger partial charge in [-0.25, -0.2) is 12.8 Å². The maximum absolute atomic E-state index is 13.2. The van der Waals surface area contributed by atoms with Crippen LogP contribution in [0.4, 0.5) is 10.1 Å². The summed E-state index contributed by atoms with van der Waals surface area (Å²) in [6.45, 7) is 0.550. The summed E-state index contributed by atoms with van der Waals surface area (Å²) in [5, 5.41) is 2.85. The minimum Gasteiger partial charge on any atom is -0.384 e. The summed E-state index contributed by atoms with van der Waals surface area (Å²) in [5.74, 6) is -0.670. The third kappa shape index (κ3) is 1.94. The lowest BCUT2D eigenvalue weighted by atomic mass is 10.3. The average molecular weight is 250 g/mol. The minimum atomic E-state index is -3.38. The molecule has 0 bridgehead atoms. The first kappa shape index (κ1) is 10.7. The smallest absolute Gasteiger partial charge is 0.180 e. The maximum atomic E-state index is 13.2. The van der Waals surface area contributed by atoms with E-state index in [1.165, 1.54) is 6.07 Å². The van der Waals surface area contributed by atoms with Crippen molar-refractivity contribution >= 4 is 27.1 Å². The van der Waals surface area contributed by atoms with Crippen LogP contribution in [0, 0.1) is 5.82 Å². The molecule has 6 heteroatoms. The Hall–Kier alpha value is -0.810. The Morgan fingerprint density at radius 3 is 2.87 bits per heavy atom. The van der Waals surface area contributed by atoms with Crippen LogP contribution < -0.4 is 5.32 Å². The molecule has 2 rings (SSSR count). The van der Waals surface area contributed by atoms with Gasteiger partial charge >= 0.3 is 0 Å². The molecule has 1 aromatic rings. The van der Waals surface area contributed by atoms with Crippen molar-refractivity contribution in [1.82, 2.24) is 0 Å². The zero-order valence-corrected chi connectivity index (χ0v) is 9.33. The normalized spacial score (nSPS) is 18.8. The lowest BCUT2D eigenvalue weighted by Gasteiger charge is -2.07. The van der Waals surface area contributed by atoms with Crippen LogP contribution in [-0.4, -0.2) is 20.7 Å². The molecule has 15 heavy (non-hydrogen) atoms. The van der Waals surface area contributed by atoms with E-state index < -0.39 is 15.7 Å². The number of fused-ring (bicyclic) bond motifs is 1. The molecular weight excluding hydrogens is 241 g/mol. The van der Waals surface area contributed by atoms with Crippen molar-refractivity contribution in [2.75, 3.05) is 17.6 Å². The summed E-state index contributed by atoms with van der Waals surface area (Å²) < 4.78 is 36.6. The molecule has 1 aliphatic heterocycles. The number of rotatable bonds is 0. The summed E-state index contributed by atoms with van der Waals surface area (Å²) >= 11 is 5.58. The average Bonchev–Trinajstić information content (AvgIpc) is 2.29. The quantitative estimate of drug-likeness (QED) is 0.766. The van der Waals surface area contributed by atoms with E-state index in [4.69, 9.17) is 11.6 Å². The fourth-order valence-corrected chi connectivity index (χ4v) is 3.18. The van der Waals surface area contributed by atoms with Crippen molar-refractivity contribution < 1.29 is 12.8 Å². The van der Waals surface area contributed by atoms with Crippen LogP contribution in [0.25, 0.3) is 0 Å². The predicted octanol–water partition coefficient (Wildman–Crippen LogP) is 2.07. The number of anilines is 1. The summed E-state index contributed by atoms with van der Waals surface area (Å²) in [4.78, 5) is 0.00176. The molecule has 1 N–H and O–H groups in total. The van der Waals surface area contributed by atoms with Gasteiger partial charge in [-0.05, 0) is 18.6 Å². The number of hydrogen-bond acceptors (Lipinski definition) is 3. The molecule has 0 aromatic heterocycles. The summed E-state index contributed by atoms with van der Waals surface area (Å²) in [5.41, 5.74) is 0.388. The van der Waals surface area contributed by atoms with Gasteiger partial charge in [-0.2, -0.15) is 0 Å². The van der Waals surface area contributed by atoms with Gasteiger partial charge in [0.1, 0.15) is 5.82 Å². The van der Waals surface area contributed by atoms with Gasteiger partial charge in [-0.1, -0.05) is 11.6 Å². The Morgan fingerprint density at radius 1 is 1.40 bits per heavy atom. The van der Waals surface area contributed by atoms with Crippen LogP contribution in [0.1, 0.15) is 6.42 Å². The third-order valence-corrected chi connectivity index (χ3v) is 4.39. The van der Waals surface area contributed by atoms with E-state index in [-0.39, 0.29) is 15.7 Å². The van der Waals surface area contributed by atoms with Crippen molar-refractivity contribution in [2.24, 2.45) is 0 Å². The van der Waals surface area contributed by atoms with Crippen molar-refractivity contribution in [3.63, 3.8) is 0 Å². The minimum absolute atomic E-state index is 0.00176. The molecule has 1 aromatic carbocycles. The second kappa shape index (κ2) is 3.64. The van der Waals surface area contributed by atoms with Crippen LogP contribution in [0.5, 0.6) is 0 Å². The first-order valence-corrected chi connectivity index (χ1v) is 6.49. The molecule has 0 saturated heterocycles. The molecule has 0 atom stereocenters. The number of halogens is 2. The fraction of sp³-hybridized carbons (Fsp3) is 0.333. The molecule has 1 aliphatic rings. The van der Waals surface area contributed by atoms with Crippen LogP contribution in [-0.2, 0) is 9.84 Å². The van der Waals surface area contributed by atoms with Gasteiger partial charge in [0.25, 0.3) is 0 Å². The van der Waals surface area contributed by atoms with Crippen LogP contribution >= 0.6 is 11.6 Å². The Labute approximate surface area is 92.2 Å². The summed E-state index contributed by atoms with van der Waals surface area (Å²) in [7, 11) is -3.38. The fourth-order valence-electron chi connectivity index (χ4n) is 1.52. The SMILES string of the molecule is O=S1(=O)CCCNc2cc(Cl)c(F)cc21. The first-order chi connectivity index (χ1) is 7.00. The molecule has 0 amide bonds. The molecule has 3 nitrogen and oxygen atoms in total. The highest BCUT2D eigenvalue weighted by molar-refractivity contribution is 7.91. The van der Waals surface area contributed by atoms with E-state index in [9.17, 15) is 12.8 Å². The van der Waals surface area contributed by atoms with Gasteiger partial charge in [-0.15, -0.1) is 0 Å². The highest BCUT2D eigenvalue weighted by Gasteiger charge is 2.23. The van der Waals surface area contributed by atoms with Gasteiger partial charge in [0.15, 0.2) is 9.84 Å². The lowest BCUT2D eigenvalue weighted by Crippen LogP contribution is -2.05. The Kier molecular flexibility index (Phi) is 2.60. The molecule has 0 radical (unpaired) electrons. The van der Waals surface area contributed by atoms with Gasteiger partial charge in [0.2, 0.25) is 0 Å². The van der Waals surface area contributed by atoms with Crippen LogP contribution in [0.3, 0.4) is 0 Å². The van der Waals surface area contributed by atoms with E-state index in [0.29, 0.717) is 18.7 Å². The molecule has 0 saturated carbocycles. The van der Waals surface area contributed by atoms with Crippen LogP contribution in [0.2, 0.25) is 5.02 Å². The van der Waals surface area contributed by atoms with Gasteiger partial charge in [0.05, 0.1) is 21.4 Å². The molecule has 1 heterocycles. The lowest BCUT2D eigenvalue weighted by molar-refractivity contribution is 0.591. The molecule has 0 unspecified atom stereocenters. The second-order valence-corrected chi connectivity index (χ2v) is 5.85. The Balaban J connectivity index is 2.68. The zero-order chi connectivity index (χ0) is 11.1. The highest BCUT2D eigenvalue weighted by Crippen LogP contribution is 2.30. The summed E-state index contributed by atoms with van der Waals surface area (Å²) in [6, 6.07) is 2.29. The van der Waals surface area contributed by atoms with E-state index in [2.05, 4.69) is 5.32 Å². The monoisotopic (exact) mass is 249 g/mol. The number of nitrogens with one attached hydrogen (secondary N) is 1. The maximum Gasteiger partial charge on any atom is 0.180 e. The topological polar surface area (TPSA) is 46.2 Å². The molecule has 0 fully saturated rings. The van der Waals surface area contributed by atoms with Crippen LogP contribution in [0.15, 0.2) is 17.0 Å². The van der Waals surface area contributed by atoms with E-state index in [1.54, 1.807) is 0 Å². The number of hydrogen-bond donors (Lipinski definition) is 1.